The van der Waals surface area contributed by atoms with Gasteiger partial charge >= 0.3 is 5.91 Å². The molecule has 5 aromatic rings. The fraction of sp³-hybridized carbons (Fsp3) is 0.216. The van der Waals surface area contributed by atoms with Crippen molar-refractivity contribution in [3.8, 4) is 23.0 Å². The third-order valence-corrected chi connectivity index (χ3v) is 9.24. The molecular formula is C37H32N2O7S. The number of aromatic nitrogens is 1. The second-order valence-electron chi connectivity index (χ2n) is 11.4. The summed E-state index contributed by atoms with van der Waals surface area (Å²) in [5.74, 6) is 0.473. The van der Waals surface area contributed by atoms with Gasteiger partial charge in [0, 0.05) is 12.0 Å². The number of hydrogen-bond acceptors (Lipinski definition) is 9. The predicted octanol–water partition coefficient (Wildman–Crippen LogP) is 7.23. The molecule has 0 unspecified atom stereocenters. The summed E-state index contributed by atoms with van der Waals surface area (Å²) < 4.78 is 24.2. The Hall–Kier alpha value is -5.35. The van der Waals surface area contributed by atoms with Gasteiger partial charge in [0.25, 0.3) is 5.78 Å². The van der Waals surface area contributed by atoms with E-state index >= 15 is 0 Å². The van der Waals surface area contributed by atoms with Gasteiger partial charge in [-0.3, -0.25) is 14.5 Å². The van der Waals surface area contributed by atoms with Crippen molar-refractivity contribution in [2.75, 3.05) is 18.6 Å². The summed E-state index contributed by atoms with van der Waals surface area (Å²) >= 11 is 1.26. The summed E-state index contributed by atoms with van der Waals surface area (Å²) in [5.41, 5.74) is 3.50. The number of fused-ring (bicyclic) bond motifs is 2. The zero-order valence-corrected chi connectivity index (χ0v) is 26.9. The van der Waals surface area contributed by atoms with Crippen LogP contribution >= 0.6 is 11.3 Å². The minimum absolute atomic E-state index is 0.00486. The summed E-state index contributed by atoms with van der Waals surface area (Å²) in [6.07, 6.45) is 0.677. The molecule has 0 radical (unpaired) electrons. The number of aliphatic hydroxyl groups excluding tert-OH is 1. The Morgan fingerprint density at radius 3 is 2.62 bits per heavy atom. The van der Waals surface area contributed by atoms with Crippen molar-refractivity contribution in [2.45, 2.75) is 39.0 Å². The van der Waals surface area contributed by atoms with Crippen molar-refractivity contribution in [1.29, 1.82) is 0 Å². The highest BCUT2D eigenvalue weighted by Gasteiger charge is 2.48. The van der Waals surface area contributed by atoms with Crippen LogP contribution in [-0.4, -0.2) is 41.6 Å². The molecule has 9 nitrogen and oxygen atoms in total. The van der Waals surface area contributed by atoms with Gasteiger partial charge in [-0.2, -0.15) is 0 Å². The third-order valence-electron chi connectivity index (χ3n) is 8.22. The molecule has 0 bridgehead atoms. The quantitative estimate of drug-likeness (QED) is 0.101. The zero-order chi connectivity index (χ0) is 32.7. The Balaban J connectivity index is 1.36. The molecular weight excluding hydrogens is 616 g/mol. The number of ether oxygens (including phenoxy) is 4. The number of aliphatic hydroxyl groups is 1. The van der Waals surface area contributed by atoms with Crippen molar-refractivity contribution < 1.29 is 33.6 Å². The van der Waals surface area contributed by atoms with E-state index in [1.165, 1.54) is 16.2 Å². The van der Waals surface area contributed by atoms with E-state index in [-0.39, 0.29) is 17.4 Å². The summed E-state index contributed by atoms with van der Waals surface area (Å²) in [5, 5.41) is 12.1. The van der Waals surface area contributed by atoms with E-state index in [2.05, 4.69) is 0 Å². The lowest BCUT2D eigenvalue weighted by molar-refractivity contribution is -0.132. The van der Waals surface area contributed by atoms with Crippen molar-refractivity contribution >= 4 is 44.1 Å². The SMILES string of the molecule is CCOc1cc([C@@H]2/C(=C(\O)c3ccc4c(c3)C[C@@H](C)O4)C(=O)C(=O)N2c2nc3ccc(OC)cc3s2)ccc1OCc1ccccc1. The van der Waals surface area contributed by atoms with Crippen molar-refractivity contribution in [3.63, 3.8) is 0 Å². The number of benzene rings is 4. The summed E-state index contributed by atoms with van der Waals surface area (Å²) in [4.78, 5) is 33.9. The summed E-state index contributed by atoms with van der Waals surface area (Å²) in [6.45, 7) is 4.53. The third kappa shape index (κ3) is 5.65. The molecule has 2 aliphatic heterocycles. The van der Waals surface area contributed by atoms with E-state index in [1.54, 1.807) is 49.6 Å². The van der Waals surface area contributed by atoms with Crippen LogP contribution < -0.4 is 23.8 Å². The summed E-state index contributed by atoms with van der Waals surface area (Å²) in [7, 11) is 1.58. The number of methoxy groups -OCH3 is 1. The molecule has 1 amide bonds. The number of carbonyl (C=O) groups excluding carboxylic acids is 2. The molecule has 2 aliphatic rings. The van der Waals surface area contributed by atoms with Gasteiger partial charge in [-0.25, -0.2) is 4.98 Å². The molecule has 0 aliphatic carbocycles. The Kier molecular flexibility index (Phi) is 8.03. The Bertz CT molecular complexity index is 2040. The van der Waals surface area contributed by atoms with E-state index in [1.807, 2.05) is 56.3 Å². The monoisotopic (exact) mass is 648 g/mol. The normalized spacial score (nSPS) is 18.3. The maximum absolute atomic E-state index is 13.9. The largest absolute Gasteiger partial charge is 0.507 e. The van der Waals surface area contributed by atoms with Crippen LogP contribution in [0.15, 0.2) is 90.5 Å². The van der Waals surface area contributed by atoms with Crippen LogP contribution in [0.5, 0.6) is 23.0 Å². The molecule has 1 aromatic heterocycles. The van der Waals surface area contributed by atoms with Crippen LogP contribution in [0.1, 0.15) is 42.1 Å². The Morgan fingerprint density at radius 2 is 1.83 bits per heavy atom. The van der Waals surface area contributed by atoms with Gasteiger partial charge in [-0.1, -0.05) is 47.7 Å². The van der Waals surface area contributed by atoms with Crippen molar-refractivity contribution in [2.24, 2.45) is 0 Å². The maximum atomic E-state index is 13.9. The fourth-order valence-electron chi connectivity index (χ4n) is 6.01. The van der Waals surface area contributed by atoms with Gasteiger partial charge in [0.1, 0.15) is 30.0 Å². The molecule has 7 rings (SSSR count). The van der Waals surface area contributed by atoms with Crippen LogP contribution in [0, 0.1) is 0 Å². The Morgan fingerprint density at radius 1 is 1.00 bits per heavy atom. The fourth-order valence-corrected chi connectivity index (χ4v) is 7.03. The molecule has 10 heteroatoms. The lowest BCUT2D eigenvalue weighted by Crippen LogP contribution is -2.29. The van der Waals surface area contributed by atoms with E-state index in [9.17, 15) is 14.7 Å². The van der Waals surface area contributed by atoms with Gasteiger partial charge in [0.05, 0.1) is 35.5 Å². The summed E-state index contributed by atoms with van der Waals surface area (Å²) in [6, 6.07) is 24.8. The molecule has 1 N–H and O–H groups in total. The zero-order valence-electron chi connectivity index (χ0n) is 26.1. The highest BCUT2D eigenvalue weighted by atomic mass is 32.1. The van der Waals surface area contributed by atoms with E-state index in [0.717, 1.165) is 21.6 Å². The average Bonchev–Trinajstić information content (AvgIpc) is 3.75. The highest BCUT2D eigenvalue weighted by molar-refractivity contribution is 7.22. The molecule has 4 aromatic carbocycles. The first-order valence-corrected chi connectivity index (χ1v) is 16.1. The number of amides is 1. The Labute approximate surface area is 275 Å². The smallest absolute Gasteiger partial charge is 0.301 e. The number of carbonyl (C=O) groups is 2. The first kappa shape index (κ1) is 30.3. The van der Waals surface area contributed by atoms with Gasteiger partial charge in [-0.05, 0) is 79.1 Å². The predicted molar refractivity (Wildman–Crippen MR) is 180 cm³/mol. The van der Waals surface area contributed by atoms with E-state index in [4.69, 9.17) is 23.9 Å². The molecule has 2 atom stereocenters. The lowest BCUT2D eigenvalue weighted by atomic mass is 9.94. The second kappa shape index (κ2) is 12.4. The molecule has 3 heterocycles. The van der Waals surface area contributed by atoms with Crippen LogP contribution in [-0.2, 0) is 22.6 Å². The first-order valence-electron chi connectivity index (χ1n) is 15.3. The minimum atomic E-state index is -0.997. The minimum Gasteiger partial charge on any atom is -0.507 e. The van der Waals surface area contributed by atoms with Crippen molar-refractivity contribution in [3.05, 3.63) is 113 Å². The van der Waals surface area contributed by atoms with Crippen LogP contribution in [0.25, 0.3) is 16.0 Å². The number of rotatable bonds is 9. The maximum Gasteiger partial charge on any atom is 0.301 e. The average molecular weight is 649 g/mol. The van der Waals surface area contributed by atoms with Gasteiger partial charge in [0.15, 0.2) is 16.6 Å². The molecule has 0 spiro atoms. The van der Waals surface area contributed by atoms with Crippen LogP contribution in [0.4, 0.5) is 5.13 Å². The first-order chi connectivity index (χ1) is 22.8. The van der Waals surface area contributed by atoms with E-state index in [0.29, 0.717) is 58.7 Å². The molecule has 1 fully saturated rings. The van der Waals surface area contributed by atoms with Gasteiger partial charge in [0.2, 0.25) is 0 Å². The van der Waals surface area contributed by atoms with Crippen LogP contribution in [0.3, 0.4) is 0 Å². The number of Topliss-reactive ketones (excluding diaryl/α,β-unsaturated/α-hetero) is 1. The second-order valence-corrected chi connectivity index (χ2v) is 12.4. The number of nitrogens with zero attached hydrogens (tertiary/aromatic N) is 2. The molecule has 238 valence electrons. The van der Waals surface area contributed by atoms with Gasteiger partial charge in [-0.15, -0.1) is 0 Å². The topological polar surface area (TPSA) is 107 Å². The van der Waals surface area contributed by atoms with Gasteiger partial charge < -0.3 is 24.1 Å². The standard InChI is InChI=1S/C37H32N2O7S/c1-4-44-30-18-23(10-15-29(30)45-20-22-8-6-5-7-9-22)33-32(34(40)24-11-14-28-25(17-24)16-21(2)46-28)35(41)36(42)39(33)37-38-27-13-12-26(43-3)19-31(27)47-37/h5-15,17-19,21,33,40H,4,16,20H2,1-3H3/b34-32+/t21-,33-/m1/s1. The number of ketones is 1. The van der Waals surface area contributed by atoms with Crippen LogP contribution in [0.2, 0.25) is 0 Å². The number of thiazole rings is 1. The molecule has 0 saturated carbocycles. The van der Waals surface area contributed by atoms with Crippen molar-refractivity contribution in [1.82, 2.24) is 4.98 Å². The van der Waals surface area contributed by atoms with E-state index < -0.39 is 17.7 Å². The molecule has 47 heavy (non-hydrogen) atoms. The number of anilines is 1. The highest BCUT2D eigenvalue weighted by Crippen LogP contribution is 2.46. The number of hydrogen-bond donors (Lipinski definition) is 1. The molecule has 1 saturated heterocycles. The lowest BCUT2D eigenvalue weighted by Gasteiger charge is -2.24.